The van der Waals surface area contributed by atoms with Crippen molar-refractivity contribution in [3.05, 3.63) is 34.4 Å². The van der Waals surface area contributed by atoms with Crippen molar-refractivity contribution >= 4 is 18.7 Å². The summed E-state index contributed by atoms with van der Waals surface area (Å²) in [7, 11) is 0. The van der Waals surface area contributed by atoms with E-state index >= 15 is 0 Å². The van der Waals surface area contributed by atoms with Crippen LogP contribution in [0.4, 0.5) is 52.7 Å². The Bertz CT molecular complexity index is 633. The summed E-state index contributed by atoms with van der Waals surface area (Å²) in [6, 6.07) is 0. The highest BCUT2D eigenvalue weighted by atomic mass is 32.1. The molecule has 0 unspecified atom stereocenters. The van der Waals surface area contributed by atoms with Crippen molar-refractivity contribution in [2.24, 2.45) is 0 Å². The summed E-state index contributed by atoms with van der Waals surface area (Å²) in [4.78, 5) is -2.52. The largest absolute Gasteiger partial charge is 0.418 e. The highest BCUT2D eigenvalue weighted by Crippen LogP contribution is 2.54. The van der Waals surface area contributed by atoms with E-state index in [0.29, 0.717) is 0 Å². The fourth-order valence-electron chi connectivity index (χ4n) is 2.10. The number of hydrogen-bond acceptors (Lipinski definition) is 1. The molecule has 0 nitrogen and oxygen atoms in total. The first-order chi connectivity index (χ1) is 10.8. The van der Waals surface area contributed by atoms with Crippen LogP contribution in [0.25, 0.3) is 6.08 Å². The van der Waals surface area contributed by atoms with Gasteiger partial charge in [-0.25, -0.2) is 0 Å². The van der Waals surface area contributed by atoms with Gasteiger partial charge in [0.15, 0.2) is 0 Å². The van der Waals surface area contributed by atoms with Crippen molar-refractivity contribution < 1.29 is 52.7 Å². The third-order valence-electron chi connectivity index (χ3n) is 2.85. The molecule has 142 valence electrons. The number of thiol groups is 1. The number of hydrogen-bond donors (Lipinski definition) is 1. The normalized spacial score (nSPS) is 14.0. The van der Waals surface area contributed by atoms with Crippen LogP contribution in [0.15, 0.2) is 11.5 Å². The quantitative estimate of drug-likeness (QED) is 0.388. The molecule has 13 heteroatoms. The van der Waals surface area contributed by atoms with Gasteiger partial charge in [-0.1, -0.05) is 12.7 Å². The van der Waals surface area contributed by atoms with Crippen molar-refractivity contribution in [2.45, 2.75) is 29.6 Å². The Hall–Kier alpha value is -1.53. The van der Waals surface area contributed by atoms with Crippen LogP contribution in [-0.2, 0) is 24.7 Å². The molecule has 1 rings (SSSR count). The fourth-order valence-corrected chi connectivity index (χ4v) is 2.58. The van der Waals surface area contributed by atoms with Crippen molar-refractivity contribution in [3.8, 4) is 0 Å². The lowest BCUT2D eigenvalue weighted by Gasteiger charge is -2.27. The average molecular weight is 408 g/mol. The molecule has 0 aromatic heterocycles. The van der Waals surface area contributed by atoms with E-state index in [9.17, 15) is 52.7 Å². The van der Waals surface area contributed by atoms with Gasteiger partial charge in [0.1, 0.15) is 0 Å². The molecule has 0 aliphatic rings. The van der Waals surface area contributed by atoms with Gasteiger partial charge >= 0.3 is 24.7 Å². The van der Waals surface area contributed by atoms with E-state index in [1.165, 1.54) is 0 Å². The summed E-state index contributed by atoms with van der Waals surface area (Å²) < 4.78 is 155. The monoisotopic (exact) mass is 408 g/mol. The SMILES string of the molecule is C=Cc1c(C(F)(F)F)c(C(F)(F)F)c(S)c(C(F)(F)F)c1C(F)(F)F. The van der Waals surface area contributed by atoms with E-state index in [-0.39, 0.29) is 6.08 Å². The van der Waals surface area contributed by atoms with E-state index in [1.54, 1.807) is 0 Å². The van der Waals surface area contributed by atoms with Gasteiger partial charge in [0.05, 0.1) is 22.3 Å². The molecule has 0 fully saturated rings. The maximum Gasteiger partial charge on any atom is 0.418 e. The van der Waals surface area contributed by atoms with Crippen LogP contribution in [0.2, 0.25) is 0 Å². The van der Waals surface area contributed by atoms with Crippen LogP contribution in [0.3, 0.4) is 0 Å². The van der Waals surface area contributed by atoms with Crippen molar-refractivity contribution in [3.63, 3.8) is 0 Å². The molecule has 0 radical (unpaired) electrons. The van der Waals surface area contributed by atoms with E-state index in [0.717, 1.165) is 0 Å². The standard InChI is InChI=1S/C12H4F12S/c1-2-3-4(9(13,14)15)6(11(19,20)21)8(25)7(12(22,23)24)5(3)10(16,17)18/h2,25H,1H2. The van der Waals surface area contributed by atoms with Gasteiger partial charge in [-0.3, -0.25) is 0 Å². The Morgan fingerprint density at radius 2 is 0.800 bits per heavy atom. The number of benzene rings is 1. The molecule has 1 aromatic carbocycles. The first-order valence-electron chi connectivity index (χ1n) is 5.69. The second-order valence-electron chi connectivity index (χ2n) is 4.46. The molecule has 0 aliphatic carbocycles. The van der Waals surface area contributed by atoms with Gasteiger partial charge in [-0.15, -0.1) is 12.6 Å². The van der Waals surface area contributed by atoms with Gasteiger partial charge in [0.25, 0.3) is 0 Å². The summed E-state index contributed by atoms with van der Waals surface area (Å²) in [5.41, 5.74) is -14.2. The van der Waals surface area contributed by atoms with Gasteiger partial charge in [-0.2, -0.15) is 52.7 Å². The van der Waals surface area contributed by atoms with E-state index in [1.807, 2.05) is 0 Å². The molecule has 0 saturated heterocycles. The minimum absolute atomic E-state index is 0.358. The minimum Gasteiger partial charge on any atom is -0.166 e. The van der Waals surface area contributed by atoms with E-state index in [4.69, 9.17) is 0 Å². The molecule has 0 amide bonds. The predicted molar refractivity (Wildman–Crippen MR) is 63.8 cm³/mol. The molecular weight excluding hydrogens is 404 g/mol. The van der Waals surface area contributed by atoms with Gasteiger partial charge in [0.2, 0.25) is 0 Å². The van der Waals surface area contributed by atoms with Gasteiger partial charge in [0, 0.05) is 4.90 Å². The smallest absolute Gasteiger partial charge is 0.166 e. The highest BCUT2D eigenvalue weighted by Gasteiger charge is 2.54. The first kappa shape index (κ1) is 21.5. The summed E-state index contributed by atoms with van der Waals surface area (Å²) in [5, 5.41) is 0. The Labute approximate surface area is 136 Å². The molecule has 0 aliphatic heterocycles. The zero-order valence-electron chi connectivity index (χ0n) is 11.3. The fraction of sp³-hybridized carbons (Fsp3) is 0.333. The molecule has 0 atom stereocenters. The molecule has 0 heterocycles. The van der Waals surface area contributed by atoms with Crippen LogP contribution in [-0.4, -0.2) is 0 Å². The van der Waals surface area contributed by atoms with Gasteiger partial charge < -0.3 is 0 Å². The van der Waals surface area contributed by atoms with Crippen LogP contribution in [0.1, 0.15) is 27.8 Å². The molecule has 1 aromatic rings. The predicted octanol–water partition coefficient (Wildman–Crippen LogP) is 6.69. The third kappa shape index (κ3) is 4.01. The molecule has 0 saturated carbocycles. The molecule has 0 bridgehead atoms. The first-order valence-corrected chi connectivity index (χ1v) is 6.14. The number of alkyl halides is 12. The average Bonchev–Trinajstić information content (AvgIpc) is 2.31. The molecule has 25 heavy (non-hydrogen) atoms. The lowest BCUT2D eigenvalue weighted by Crippen LogP contribution is -2.27. The van der Waals surface area contributed by atoms with E-state index in [2.05, 4.69) is 19.2 Å². The summed E-state index contributed by atoms with van der Waals surface area (Å²) in [6.07, 6.45) is -24.6. The molecular formula is C12H4F12S. The Kier molecular flexibility index (Phi) is 5.18. The summed E-state index contributed by atoms with van der Waals surface area (Å²) >= 11 is 2.71. The number of rotatable bonds is 1. The zero-order valence-corrected chi connectivity index (χ0v) is 12.2. The Balaban J connectivity index is 4.41. The maximum atomic E-state index is 13.0. The highest BCUT2D eigenvalue weighted by molar-refractivity contribution is 7.80. The Morgan fingerprint density at radius 1 is 0.560 bits per heavy atom. The van der Waals surface area contributed by atoms with Crippen LogP contribution in [0, 0.1) is 0 Å². The van der Waals surface area contributed by atoms with Crippen LogP contribution in [0.5, 0.6) is 0 Å². The third-order valence-corrected chi connectivity index (χ3v) is 3.30. The van der Waals surface area contributed by atoms with Crippen LogP contribution >= 0.6 is 12.6 Å². The second kappa shape index (κ2) is 6.02. The van der Waals surface area contributed by atoms with Crippen molar-refractivity contribution in [1.29, 1.82) is 0 Å². The van der Waals surface area contributed by atoms with Crippen molar-refractivity contribution in [2.75, 3.05) is 0 Å². The molecule has 0 spiro atoms. The van der Waals surface area contributed by atoms with Gasteiger partial charge in [-0.05, 0) is 5.56 Å². The van der Waals surface area contributed by atoms with Crippen LogP contribution < -0.4 is 0 Å². The number of halogens is 12. The van der Waals surface area contributed by atoms with Crippen molar-refractivity contribution in [1.82, 2.24) is 0 Å². The summed E-state index contributed by atoms with van der Waals surface area (Å²) in [6.45, 7) is 2.50. The zero-order chi connectivity index (χ0) is 20.2. The Morgan fingerprint density at radius 3 is 0.960 bits per heavy atom. The lowest BCUT2D eigenvalue weighted by molar-refractivity contribution is -0.174. The molecule has 0 N–H and O–H groups in total. The lowest BCUT2D eigenvalue weighted by atomic mass is 9.89. The maximum absolute atomic E-state index is 13.0. The summed E-state index contributed by atoms with van der Waals surface area (Å²) in [5.74, 6) is 0. The minimum atomic E-state index is -6.07. The second-order valence-corrected chi connectivity index (χ2v) is 4.90. The topological polar surface area (TPSA) is 0 Å². The van der Waals surface area contributed by atoms with E-state index < -0.39 is 57.4 Å².